The van der Waals surface area contributed by atoms with E-state index in [4.69, 9.17) is 21.7 Å². The summed E-state index contributed by atoms with van der Waals surface area (Å²) >= 11 is 5.80. The number of hydrogen-bond acceptors (Lipinski definition) is 4. The number of aromatic nitrogens is 2. The third-order valence-electron chi connectivity index (χ3n) is 5.46. The quantitative estimate of drug-likeness (QED) is 0.646. The Morgan fingerprint density at radius 1 is 1.07 bits per heavy atom. The highest BCUT2D eigenvalue weighted by Gasteiger charge is 2.43. The maximum absolute atomic E-state index is 5.80. The van der Waals surface area contributed by atoms with Gasteiger partial charge in [-0.05, 0) is 55.5 Å². The number of aryl methyl sites for hydroxylation is 1. The summed E-state index contributed by atoms with van der Waals surface area (Å²) in [6.45, 7) is 2.09. The number of anilines is 1. The van der Waals surface area contributed by atoms with Gasteiger partial charge < -0.3 is 24.3 Å². The average molecular weight is 409 g/mol. The number of thiocarbonyl (C=S) groups is 1. The van der Waals surface area contributed by atoms with Crippen LogP contribution in [0.15, 0.2) is 54.7 Å². The molecule has 2 unspecified atom stereocenters. The Hall–Kier alpha value is -3.06. The standard InChI is InChI=1S/C22H24N4O2S/c1-14-8-10-17(25(14)2)21-20(16-7-5-6-12-23-16)24-22(29)26(21)18-13-15(27-3)9-11-19(18)28-4/h5-13,20-21H,1-4H3,(H,24,29). The van der Waals surface area contributed by atoms with E-state index in [9.17, 15) is 0 Å². The van der Waals surface area contributed by atoms with E-state index >= 15 is 0 Å². The highest BCUT2D eigenvalue weighted by molar-refractivity contribution is 7.80. The molecular formula is C22H24N4O2S. The Kier molecular flexibility index (Phi) is 5.15. The second-order valence-electron chi connectivity index (χ2n) is 6.99. The molecule has 7 heteroatoms. The SMILES string of the molecule is COc1ccc(OC)c(N2C(=S)NC(c3ccccn3)C2c2ccc(C)n2C)c1. The number of nitrogens with one attached hydrogen (secondary N) is 1. The number of rotatable bonds is 5. The predicted molar refractivity (Wildman–Crippen MR) is 118 cm³/mol. The lowest BCUT2D eigenvalue weighted by atomic mass is 10.0. The first-order valence-electron chi connectivity index (χ1n) is 9.40. The van der Waals surface area contributed by atoms with Crippen molar-refractivity contribution in [2.24, 2.45) is 7.05 Å². The molecule has 1 fully saturated rings. The minimum absolute atomic E-state index is 0.0999. The number of pyridine rings is 1. The molecule has 2 atom stereocenters. The molecule has 29 heavy (non-hydrogen) atoms. The minimum Gasteiger partial charge on any atom is -0.497 e. The Morgan fingerprint density at radius 3 is 2.52 bits per heavy atom. The van der Waals surface area contributed by atoms with E-state index in [0.29, 0.717) is 5.11 Å². The molecule has 150 valence electrons. The molecule has 2 aromatic heterocycles. The summed E-state index contributed by atoms with van der Waals surface area (Å²) in [5.74, 6) is 1.47. The van der Waals surface area contributed by atoms with Crippen LogP contribution in [0.25, 0.3) is 0 Å². The highest BCUT2D eigenvalue weighted by Crippen LogP contribution is 2.45. The van der Waals surface area contributed by atoms with Crippen molar-refractivity contribution in [3.8, 4) is 11.5 Å². The van der Waals surface area contributed by atoms with Gasteiger partial charge in [-0.1, -0.05) is 6.07 Å². The fraction of sp³-hybridized carbons (Fsp3) is 0.273. The third-order valence-corrected chi connectivity index (χ3v) is 5.77. The van der Waals surface area contributed by atoms with Gasteiger partial charge in [-0.15, -0.1) is 0 Å². The summed E-state index contributed by atoms with van der Waals surface area (Å²) in [4.78, 5) is 6.70. The first-order chi connectivity index (χ1) is 14.0. The lowest BCUT2D eigenvalue weighted by molar-refractivity contribution is 0.402. The first-order valence-corrected chi connectivity index (χ1v) is 9.81. The molecule has 1 N–H and O–H groups in total. The number of nitrogens with zero attached hydrogens (tertiary/aromatic N) is 3. The zero-order chi connectivity index (χ0) is 20.5. The monoisotopic (exact) mass is 408 g/mol. The summed E-state index contributed by atoms with van der Waals surface area (Å²) in [7, 11) is 5.39. The molecule has 0 radical (unpaired) electrons. The molecule has 0 amide bonds. The van der Waals surface area contributed by atoms with Crippen molar-refractivity contribution < 1.29 is 9.47 Å². The average Bonchev–Trinajstić information content (AvgIpc) is 3.26. The van der Waals surface area contributed by atoms with E-state index in [0.717, 1.165) is 28.6 Å². The van der Waals surface area contributed by atoms with Gasteiger partial charge in [0.05, 0.1) is 31.6 Å². The molecule has 0 bridgehead atoms. The Labute approximate surface area is 176 Å². The molecule has 1 aliphatic rings. The van der Waals surface area contributed by atoms with Crippen LogP contribution in [-0.4, -0.2) is 28.9 Å². The first kappa shape index (κ1) is 19.3. The Bertz CT molecular complexity index is 1030. The van der Waals surface area contributed by atoms with Crippen LogP contribution in [-0.2, 0) is 7.05 Å². The smallest absolute Gasteiger partial charge is 0.174 e. The van der Waals surface area contributed by atoms with Gasteiger partial charge in [0, 0.05) is 30.7 Å². The van der Waals surface area contributed by atoms with Crippen LogP contribution >= 0.6 is 12.2 Å². The van der Waals surface area contributed by atoms with E-state index < -0.39 is 0 Å². The molecular weight excluding hydrogens is 384 g/mol. The van der Waals surface area contributed by atoms with Crippen LogP contribution in [0.2, 0.25) is 0 Å². The van der Waals surface area contributed by atoms with Crippen molar-refractivity contribution >= 4 is 23.0 Å². The van der Waals surface area contributed by atoms with Crippen molar-refractivity contribution in [3.05, 3.63) is 71.8 Å². The van der Waals surface area contributed by atoms with E-state index in [1.807, 2.05) is 42.6 Å². The Balaban J connectivity index is 1.90. The van der Waals surface area contributed by atoms with Crippen molar-refractivity contribution in [1.82, 2.24) is 14.9 Å². The number of hydrogen-bond donors (Lipinski definition) is 1. The van der Waals surface area contributed by atoms with Crippen LogP contribution in [0.3, 0.4) is 0 Å². The summed E-state index contributed by atoms with van der Waals surface area (Å²) in [6, 6.07) is 15.7. The fourth-order valence-corrected chi connectivity index (χ4v) is 4.17. The molecule has 3 aromatic rings. The predicted octanol–water partition coefficient (Wildman–Crippen LogP) is 3.92. The molecule has 1 saturated heterocycles. The van der Waals surface area contributed by atoms with Gasteiger partial charge in [0.1, 0.15) is 17.5 Å². The van der Waals surface area contributed by atoms with Gasteiger partial charge in [0.25, 0.3) is 0 Å². The van der Waals surface area contributed by atoms with Gasteiger partial charge in [-0.2, -0.15) is 0 Å². The van der Waals surface area contributed by atoms with Crippen LogP contribution in [0.4, 0.5) is 5.69 Å². The van der Waals surface area contributed by atoms with Crippen LogP contribution in [0, 0.1) is 6.92 Å². The van der Waals surface area contributed by atoms with Crippen molar-refractivity contribution in [2.75, 3.05) is 19.1 Å². The molecule has 1 aliphatic heterocycles. The van der Waals surface area contributed by atoms with Crippen molar-refractivity contribution in [2.45, 2.75) is 19.0 Å². The number of methoxy groups -OCH3 is 2. The zero-order valence-electron chi connectivity index (χ0n) is 16.9. The van der Waals surface area contributed by atoms with Gasteiger partial charge in [-0.25, -0.2) is 0 Å². The second-order valence-corrected chi connectivity index (χ2v) is 7.38. The van der Waals surface area contributed by atoms with Crippen molar-refractivity contribution in [3.63, 3.8) is 0 Å². The lowest BCUT2D eigenvalue weighted by Gasteiger charge is -2.29. The van der Waals surface area contributed by atoms with Gasteiger partial charge >= 0.3 is 0 Å². The Morgan fingerprint density at radius 2 is 1.90 bits per heavy atom. The van der Waals surface area contributed by atoms with Crippen LogP contribution in [0.1, 0.15) is 29.2 Å². The molecule has 0 saturated carbocycles. The van der Waals surface area contributed by atoms with Crippen molar-refractivity contribution in [1.29, 1.82) is 0 Å². The van der Waals surface area contributed by atoms with Gasteiger partial charge in [0.2, 0.25) is 0 Å². The molecule has 1 aromatic carbocycles. The fourth-order valence-electron chi connectivity index (χ4n) is 3.83. The number of ether oxygens (including phenoxy) is 2. The van der Waals surface area contributed by atoms with Gasteiger partial charge in [-0.3, -0.25) is 4.98 Å². The maximum Gasteiger partial charge on any atom is 0.174 e. The second kappa shape index (κ2) is 7.75. The normalized spacial score (nSPS) is 18.6. The summed E-state index contributed by atoms with van der Waals surface area (Å²) in [5.41, 5.74) is 4.10. The largest absolute Gasteiger partial charge is 0.497 e. The molecule has 3 heterocycles. The lowest BCUT2D eigenvalue weighted by Crippen LogP contribution is -2.30. The topological polar surface area (TPSA) is 51.6 Å². The van der Waals surface area contributed by atoms with E-state index in [2.05, 4.69) is 45.9 Å². The molecule has 0 aliphatic carbocycles. The molecule has 0 spiro atoms. The van der Waals surface area contributed by atoms with E-state index in [1.165, 1.54) is 5.69 Å². The zero-order valence-corrected chi connectivity index (χ0v) is 17.7. The number of benzene rings is 1. The summed E-state index contributed by atoms with van der Waals surface area (Å²) in [6.07, 6.45) is 1.81. The molecule has 4 rings (SSSR count). The summed E-state index contributed by atoms with van der Waals surface area (Å²) in [5, 5.41) is 4.10. The third kappa shape index (κ3) is 3.31. The van der Waals surface area contributed by atoms with E-state index in [-0.39, 0.29) is 12.1 Å². The van der Waals surface area contributed by atoms with E-state index in [1.54, 1.807) is 14.2 Å². The highest BCUT2D eigenvalue weighted by atomic mass is 32.1. The van der Waals surface area contributed by atoms with Crippen LogP contribution < -0.4 is 19.7 Å². The minimum atomic E-state index is -0.104. The molecule has 6 nitrogen and oxygen atoms in total. The maximum atomic E-state index is 5.80. The van der Waals surface area contributed by atoms with Crippen LogP contribution in [0.5, 0.6) is 11.5 Å². The van der Waals surface area contributed by atoms with Gasteiger partial charge in [0.15, 0.2) is 5.11 Å². The summed E-state index contributed by atoms with van der Waals surface area (Å²) < 4.78 is 13.3.